The third-order valence-corrected chi connectivity index (χ3v) is 3.89. The molecule has 0 atom stereocenters. The van der Waals surface area contributed by atoms with Gasteiger partial charge in [-0.05, 0) is 37.1 Å². The lowest BCUT2D eigenvalue weighted by Crippen LogP contribution is -2.40. The van der Waals surface area contributed by atoms with Crippen LogP contribution in [0, 0.1) is 13.8 Å². The molecular weight excluding hydrogens is 238 g/mol. The smallest absolute Gasteiger partial charge is 0.394 e. The fraction of sp³-hybridized carbons (Fsp3) is 0.333. The molecule has 1 N–H and O–H groups in total. The number of benzene rings is 1. The van der Waals surface area contributed by atoms with Gasteiger partial charge in [0.1, 0.15) is 0 Å². The molecule has 0 bridgehead atoms. The first-order valence-corrected chi connectivity index (χ1v) is 6.28. The van der Waals surface area contributed by atoms with Gasteiger partial charge in [0.05, 0.1) is 5.69 Å². The number of hydrogen-bond donors (Lipinski definition) is 1. The Morgan fingerprint density at radius 2 is 1.94 bits per heavy atom. The van der Waals surface area contributed by atoms with E-state index in [0.717, 1.165) is 27.5 Å². The van der Waals surface area contributed by atoms with Crippen molar-refractivity contribution in [3.63, 3.8) is 0 Å². The number of aliphatic carboxylic acids is 1. The first kappa shape index (κ1) is 12.0. The van der Waals surface area contributed by atoms with Crippen molar-refractivity contribution in [2.75, 3.05) is 17.2 Å². The normalized spacial score (nSPS) is 14.4. The van der Waals surface area contributed by atoms with Crippen LogP contribution in [0.5, 0.6) is 0 Å². The molecule has 1 aromatic rings. The van der Waals surface area contributed by atoms with E-state index in [1.54, 1.807) is 11.8 Å². The molecular formula is C12H13NO3S. The summed E-state index contributed by atoms with van der Waals surface area (Å²) < 4.78 is 0. The molecule has 17 heavy (non-hydrogen) atoms. The third-order valence-electron chi connectivity index (χ3n) is 2.87. The van der Waals surface area contributed by atoms with Crippen LogP contribution in [0.1, 0.15) is 11.1 Å². The van der Waals surface area contributed by atoms with Gasteiger partial charge >= 0.3 is 11.9 Å². The molecule has 1 aromatic carbocycles. The fourth-order valence-corrected chi connectivity index (χ4v) is 2.87. The van der Waals surface area contributed by atoms with Gasteiger partial charge in [0.15, 0.2) is 0 Å². The minimum Gasteiger partial charge on any atom is -0.474 e. The van der Waals surface area contributed by atoms with E-state index in [2.05, 4.69) is 0 Å². The largest absolute Gasteiger partial charge is 0.474 e. The van der Waals surface area contributed by atoms with Crippen molar-refractivity contribution in [3.05, 3.63) is 23.3 Å². The van der Waals surface area contributed by atoms with Crippen molar-refractivity contribution >= 4 is 29.3 Å². The summed E-state index contributed by atoms with van der Waals surface area (Å²) in [5, 5.41) is 8.79. The van der Waals surface area contributed by atoms with Crippen molar-refractivity contribution in [1.82, 2.24) is 0 Å². The Labute approximate surface area is 104 Å². The zero-order valence-corrected chi connectivity index (χ0v) is 10.5. The molecule has 1 amide bonds. The predicted octanol–water partition coefficient (Wildman–Crippen LogP) is 1.83. The van der Waals surface area contributed by atoms with Gasteiger partial charge in [0, 0.05) is 17.2 Å². The van der Waals surface area contributed by atoms with Crippen molar-refractivity contribution < 1.29 is 14.7 Å². The van der Waals surface area contributed by atoms with Gasteiger partial charge in [-0.15, -0.1) is 11.8 Å². The Bertz CT molecular complexity index is 499. The SMILES string of the molecule is Cc1cc2c(cc1C)N(C(=O)C(=O)O)CCS2. The molecule has 4 nitrogen and oxygen atoms in total. The third kappa shape index (κ3) is 2.15. The Morgan fingerprint density at radius 3 is 2.59 bits per heavy atom. The van der Waals surface area contributed by atoms with Crippen molar-refractivity contribution in [2.24, 2.45) is 0 Å². The minimum absolute atomic E-state index is 0.450. The number of carbonyl (C=O) groups is 2. The monoisotopic (exact) mass is 251 g/mol. The van der Waals surface area contributed by atoms with Crippen molar-refractivity contribution in [2.45, 2.75) is 18.7 Å². The van der Waals surface area contributed by atoms with E-state index < -0.39 is 11.9 Å². The molecule has 0 spiro atoms. The highest BCUT2D eigenvalue weighted by atomic mass is 32.2. The molecule has 5 heteroatoms. The average Bonchev–Trinajstić information content (AvgIpc) is 2.29. The van der Waals surface area contributed by atoms with Crippen molar-refractivity contribution in [3.8, 4) is 0 Å². The quantitative estimate of drug-likeness (QED) is 0.715. The van der Waals surface area contributed by atoms with Crippen LogP contribution >= 0.6 is 11.8 Å². The lowest BCUT2D eigenvalue weighted by Gasteiger charge is -2.28. The highest BCUT2D eigenvalue weighted by Gasteiger charge is 2.27. The summed E-state index contributed by atoms with van der Waals surface area (Å²) in [6.45, 7) is 4.41. The first-order chi connectivity index (χ1) is 8.00. The number of anilines is 1. The molecule has 0 unspecified atom stereocenters. The Morgan fingerprint density at radius 1 is 1.29 bits per heavy atom. The predicted molar refractivity (Wildman–Crippen MR) is 66.6 cm³/mol. The number of carboxylic acids is 1. The van der Waals surface area contributed by atoms with Crippen LogP contribution in [0.4, 0.5) is 5.69 Å². The van der Waals surface area contributed by atoms with Crippen LogP contribution in [0.15, 0.2) is 17.0 Å². The Balaban J connectivity index is 2.47. The van der Waals surface area contributed by atoms with Gasteiger partial charge in [0.2, 0.25) is 0 Å². The van der Waals surface area contributed by atoms with Gasteiger partial charge in [-0.25, -0.2) is 4.79 Å². The van der Waals surface area contributed by atoms with E-state index in [0.29, 0.717) is 6.54 Å². The van der Waals surface area contributed by atoms with Gasteiger partial charge in [-0.2, -0.15) is 0 Å². The molecule has 0 radical (unpaired) electrons. The number of carboxylic acid groups (broad SMARTS) is 1. The Hall–Kier alpha value is -1.49. The van der Waals surface area contributed by atoms with E-state index in [9.17, 15) is 9.59 Å². The summed E-state index contributed by atoms with van der Waals surface area (Å²) in [6, 6.07) is 3.90. The summed E-state index contributed by atoms with van der Waals surface area (Å²) >= 11 is 1.66. The second-order valence-electron chi connectivity index (χ2n) is 4.01. The maximum absolute atomic E-state index is 11.6. The van der Waals surface area contributed by atoms with Crippen LogP contribution in [-0.4, -0.2) is 29.3 Å². The number of rotatable bonds is 0. The van der Waals surface area contributed by atoms with Crippen LogP contribution < -0.4 is 4.90 Å². The number of thioether (sulfide) groups is 1. The molecule has 0 saturated heterocycles. The number of carbonyl (C=O) groups excluding carboxylic acids is 1. The molecule has 0 aliphatic carbocycles. The second-order valence-corrected chi connectivity index (χ2v) is 5.15. The van der Waals surface area contributed by atoms with Crippen LogP contribution in [-0.2, 0) is 9.59 Å². The summed E-state index contributed by atoms with van der Waals surface area (Å²) in [4.78, 5) is 24.7. The number of hydrogen-bond acceptors (Lipinski definition) is 3. The highest BCUT2D eigenvalue weighted by Crippen LogP contribution is 2.36. The molecule has 90 valence electrons. The van der Waals surface area contributed by atoms with Gasteiger partial charge in [0.25, 0.3) is 0 Å². The van der Waals surface area contributed by atoms with E-state index in [-0.39, 0.29) is 0 Å². The summed E-state index contributed by atoms with van der Waals surface area (Å²) in [5.74, 6) is -1.52. The lowest BCUT2D eigenvalue weighted by atomic mass is 10.1. The van der Waals surface area contributed by atoms with Crippen LogP contribution in [0.2, 0.25) is 0 Å². The molecule has 0 saturated carbocycles. The van der Waals surface area contributed by atoms with Crippen LogP contribution in [0.25, 0.3) is 0 Å². The zero-order valence-electron chi connectivity index (χ0n) is 9.69. The molecule has 2 rings (SSSR count). The topological polar surface area (TPSA) is 57.6 Å². The lowest BCUT2D eigenvalue weighted by molar-refractivity contribution is -0.148. The number of aryl methyl sites for hydroxylation is 2. The Kier molecular flexibility index (Phi) is 3.11. The maximum atomic E-state index is 11.6. The summed E-state index contributed by atoms with van der Waals surface area (Å²) in [5.41, 5.74) is 2.94. The fourth-order valence-electron chi connectivity index (χ4n) is 1.79. The molecule has 1 aliphatic rings. The summed E-state index contributed by atoms with van der Waals surface area (Å²) in [6.07, 6.45) is 0. The number of amides is 1. The average molecular weight is 251 g/mol. The molecule has 1 aliphatic heterocycles. The first-order valence-electron chi connectivity index (χ1n) is 5.29. The van der Waals surface area contributed by atoms with E-state index >= 15 is 0 Å². The standard InChI is InChI=1S/C12H13NO3S/c1-7-5-9-10(6-8(7)2)17-4-3-13(9)11(14)12(15)16/h5-6H,3-4H2,1-2H3,(H,15,16). The molecule has 0 fully saturated rings. The summed E-state index contributed by atoms with van der Waals surface area (Å²) in [7, 11) is 0. The van der Waals surface area contributed by atoms with Gasteiger partial charge in [-0.1, -0.05) is 0 Å². The molecule has 1 heterocycles. The van der Waals surface area contributed by atoms with Gasteiger partial charge < -0.3 is 10.0 Å². The van der Waals surface area contributed by atoms with Gasteiger partial charge in [-0.3, -0.25) is 4.79 Å². The maximum Gasteiger partial charge on any atom is 0.394 e. The van der Waals surface area contributed by atoms with E-state index in [4.69, 9.17) is 5.11 Å². The van der Waals surface area contributed by atoms with Crippen LogP contribution in [0.3, 0.4) is 0 Å². The van der Waals surface area contributed by atoms with E-state index in [1.807, 2.05) is 26.0 Å². The van der Waals surface area contributed by atoms with Crippen molar-refractivity contribution in [1.29, 1.82) is 0 Å². The zero-order chi connectivity index (χ0) is 12.6. The van der Waals surface area contributed by atoms with E-state index in [1.165, 1.54) is 4.90 Å². The minimum atomic E-state index is -1.40. The number of nitrogens with zero attached hydrogens (tertiary/aromatic N) is 1. The second kappa shape index (κ2) is 4.41. The molecule has 0 aromatic heterocycles. The number of fused-ring (bicyclic) bond motifs is 1. The highest BCUT2D eigenvalue weighted by molar-refractivity contribution is 7.99.